The Hall–Kier alpha value is -1.38. The Labute approximate surface area is 165 Å². The van der Waals surface area contributed by atoms with Crippen LogP contribution in [0, 0.1) is 0 Å². The molecule has 2 aromatic heterocycles. The first-order chi connectivity index (χ1) is 12.1. The number of hydrogen-bond acceptors (Lipinski definition) is 6. The van der Waals surface area contributed by atoms with Crippen molar-refractivity contribution in [3.8, 4) is 11.5 Å². The molecule has 0 aliphatic rings. The fraction of sp³-hybridized carbons (Fsp3) is 0.267. The predicted octanol–water partition coefficient (Wildman–Crippen LogP) is 3.92. The molecule has 1 atom stereocenters. The lowest BCUT2D eigenvalue weighted by atomic mass is 10.1. The summed E-state index contributed by atoms with van der Waals surface area (Å²) in [6, 6.07) is 5.73. The SMILES string of the molecule is COc1ccc(CN(C)c2nc(Cl)nc3c2ncn3PI)c(OC)c1. The normalized spacial score (nSPS) is 11.4. The van der Waals surface area contributed by atoms with E-state index in [0.29, 0.717) is 18.7 Å². The first-order valence-corrected chi connectivity index (χ1v) is 11.7. The number of hydrogen-bond donors (Lipinski definition) is 0. The number of nitrogens with zero attached hydrogens (tertiary/aromatic N) is 5. The van der Waals surface area contributed by atoms with E-state index in [0.717, 1.165) is 28.2 Å². The summed E-state index contributed by atoms with van der Waals surface area (Å²) in [5.74, 6) is 2.18. The topological polar surface area (TPSA) is 65.3 Å². The van der Waals surface area contributed by atoms with Gasteiger partial charge in [-0.25, -0.2) is 4.98 Å². The Bertz CT molecular complexity index is 907. The molecule has 0 amide bonds. The minimum absolute atomic E-state index is 0.201. The van der Waals surface area contributed by atoms with Crippen molar-refractivity contribution >= 4 is 57.0 Å². The van der Waals surface area contributed by atoms with Gasteiger partial charge < -0.3 is 14.4 Å². The van der Waals surface area contributed by atoms with Gasteiger partial charge in [0.1, 0.15) is 17.8 Å². The fourth-order valence-corrected chi connectivity index (χ4v) is 4.06. The van der Waals surface area contributed by atoms with E-state index in [9.17, 15) is 0 Å². The van der Waals surface area contributed by atoms with Crippen molar-refractivity contribution in [3.63, 3.8) is 0 Å². The maximum Gasteiger partial charge on any atom is 0.226 e. The fourth-order valence-electron chi connectivity index (χ4n) is 2.50. The molecule has 132 valence electrons. The lowest BCUT2D eigenvalue weighted by molar-refractivity contribution is 0.391. The highest BCUT2D eigenvalue weighted by Crippen LogP contribution is 2.33. The monoisotopic (exact) mass is 491 g/mol. The molecule has 0 bridgehead atoms. The van der Waals surface area contributed by atoms with Gasteiger partial charge in [0.05, 0.1) is 20.6 Å². The lowest BCUT2D eigenvalue weighted by Crippen LogP contribution is -2.19. The molecule has 1 aromatic carbocycles. The van der Waals surface area contributed by atoms with Crippen molar-refractivity contribution in [1.82, 2.24) is 19.3 Å². The highest BCUT2D eigenvalue weighted by molar-refractivity contribution is 14.2. The second-order valence-corrected chi connectivity index (χ2v) is 7.66. The van der Waals surface area contributed by atoms with E-state index < -0.39 is 0 Å². The molecule has 0 fully saturated rings. The minimum Gasteiger partial charge on any atom is -0.497 e. The zero-order chi connectivity index (χ0) is 18.0. The maximum absolute atomic E-state index is 6.12. The summed E-state index contributed by atoms with van der Waals surface area (Å²) in [6.45, 7) is 0.578. The molecule has 10 heteroatoms. The molecular weight excluding hydrogens is 476 g/mol. The molecular formula is C15H16ClIN5O2P. The average molecular weight is 492 g/mol. The highest BCUT2D eigenvalue weighted by Gasteiger charge is 2.17. The second kappa shape index (κ2) is 7.88. The number of ether oxygens (including phenoxy) is 2. The van der Waals surface area contributed by atoms with Crippen LogP contribution in [-0.4, -0.2) is 40.6 Å². The Morgan fingerprint density at radius 1 is 1.28 bits per heavy atom. The number of fused-ring (bicyclic) bond motifs is 1. The van der Waals surface area contributed by atoms with Crippen LogP contribution in [0.4, 0.5) is 5.82 Å². The highest BCUT2D eigenvalue weighted by atomic mass is 127. The Morgan fingerprint density at radius 3 is 2.76 bits per heavy atom. The number of imidazole rings is 1. The van der Waals surface area contributed by atoms with Crippen LogP contribution < -0.4 is 14.4 Å². The zero-order valence-electron chi connectivity index (χ0n) is 13.8. The van der Waals surface area contributed by atoms with Crippen LogP contribution in [0.15, 0.2) is 24.5 Å². The number of anilines is 1. The summed E-state index contributed by atoms with van der Waals surface area (Å²) >= 11 is 8.40. The van der Waals surface area contributed by atoms with E-state index in [2.05, 4.69) is 37.0 Å². The average Bonchev–Trinajstić information content (AvgIpc) is 3.03. The smallest absolute Gasteiger partial charge is 0.226 e. The van der Waals surface area contributed by atoms with E-state index in [1.54, 1.807) is 20.5 Å². The van der Waals surface area contributed by atoms with E-state index in [4.69, 9.17) is 21.1 Å². The molecule has 0 aliphatic carbocycles. The van der Waals surface area contributed by atoms with Crippen LogP contribution in [0.1, 0.15) is 5.56 Å². The molecule has 0 N–H and O–H groups in total. The molecule has 2 heterocycles. The predicted molar refractivity (Wildman–Crippen MR) is 110 cm³/mol. The van der Waals surface area contributed by atoms with Crippen LogP contribution in [0.25, 0.3) is 11.2 Å². The summed E-state index contributed by atoms with van der Waals surface area (Å²) in [4.78, 5) is 15.1. The van der Waals surface area contributed by atoms with Gasteiger partial charge in [0, 0.05) is 25.2 Å². The summed E-state index contributed by atoms with van der Waals surface area (Å²) in [5, 5.41) is 0.201. The van der Waals surface area contributed by atoms with E-state index in [-0.39, 0.29) is 5.28 Å². The van der Waals surface area contributed by atoms with Crippen LogP contribution in [0.5, 0.6) is 11.5 Å². The summed E-state index contributed by atoms with van der Waals surface area (Å²) in [5.41, 5.74) is 2.46. The van der Waals surface area contributed by atoms with Gasteiger partial charge in [0.25, 0.3) is 0 Å². The largest absolute Gasteiger partial charge is 0.497 e. The van der Waals surface area contributed by atoms with E-state index in [1.807, 2.05) is 34.5 Å². The van der Waals surface area contributed by atoms with Gasteiger partial charge in [-0.2, -0.15) is 9.97 Å². The van der Waals surface area contributed by atoms with Gasteiger partial charge in [-0.05, 0) is 45.8 Å². The number of methoxy groups -OCH3 is 2. The third-order valence-electron chi connectivity index (χ3n) is 3.70. The number of rotatable bonds is 6. The molecule has 0 saturated heterocycles. The first kappa shape index (κ1) is 18.4. The standard InChI is InChI=1S/C15H16ClIN5O2P/c1-21(7-9-4-5-10(23-2)6-11(9)24-3)13-12-14(20-15(16)19-13)22(25-17)8-18-12/h4-6,8,25H,7H2,1-3H3. The van der Waals surface area contributed by atoms with Crippen molar-refractivity contribution in [2.24, 2.45) is 0 Å². The van der Waals surface area contributed by atoms with Gasteiger partial charge in [-0.3, -0.25) is 4.34 Å². The Kier molecular flexibility index (Phi) is 5.81. The first-order valence-electron chi connectivity index (χ1n) is 7.26. The third kappa shape index (κ3) is 3.75. The molecule has 0 radical (unpaired) electrons. The minimum atomic E-state index is 0.201. The molecule has 7 nitrogen and oxygen atoms in total. The van der Waals surface area contributed by atoms with Crippen molar-refractivity contribution < 1.29 is 9.47 Å². The number of halogens is 2. The third-order valence-corrected chi connectivity index (χ3v) is 5.94. The molecule has 0 spiro atoms. The number of benzene rings is 1. The molecule has 25 heavy (non-hydrogen) atoms. The molecule has 1 unspecified atom stereocenters. The maximum atomic E-state index is 6.12. The van der Waals surface area contributed by atoms with Crippen molar-refractivity contribution in [2.45, 2.75) is 6.54 Å². The van der Waals surface area contributed by atoms with Gasteiger partial charge in [-0.15, -0.1) is 0 Å². The summed E-state index contributed by atoms with van der Waals surface area (Å²) in [6.07, 6.45) is 2.24. The van der Waals surface area contributed by atoms with Gasteiger partial charge >= 0.3 is 0 Å². The van der Waals surface area contributed by atoms with Crippen LogP contribution in [0.2, 0.25) is 5.28 Å². The van der Waals surface area contributed by atoms with Crippen LogP contribution in [-0.2, 0) is 6.54 Å². The van der Waals surface area contributed by atoms with Crippen molar-refractivity contribution in [2.75, 3.05) is 26.2 Å². The van der Waals surface area contributed by atoms with Crippen molar-refractivity contribution in [1.29, 1.82) is 0 Å². The van der Waals surface area contributed by atoms with E-state index in [1.165, 1.54) is 0 Å². The second-order valence-electron chi connectivity index (χ2n) is 5.22. The van der Waals surface area contributed by atoms with E-state index >= 15 is 0 Å². The van der Waals surface area contributed by atoms with Gasteiger partial charge in [-0.1, -0.05) is 0 Å². The molecule has 3 rings (SSSR count). The van der Waals surface area contributed by atoms with Gasteiger partial charge in [0.15, 0.2) is 17.0 Å². The quantitative estimate of drug-likeness (QED) is 0.296. The summed E-state index contributed by atoms with van der Waals surface area (Å²) in [7, 11) is 5.21. The Balaban J connectivity index is 1.98. The van der Waals surface area contributed by atoms with Gasteiger partial charge in [0.2, 0.25) is 5.28 Å². The lowest BCUT2D eigenvalue weighted by Gasteiger charge is -2.20. The molecule has 0 aliphatic heterocycles. The molecule has 3 aromatic rings. The number of aromatic nitrogens is 4. The Morgan fingerprint density at radius 2 is 2.08 bits per heavy atom. The van der Waals surface area contributed by atoms with Crippen LogP contribution in [0.3, 0.4) is 0 Å². The van der Waals surface area contributed by atoms with Crippen molar-refractivity contribution in [3.05, 3.63) is 35.4 Å². The van der Waals surface area contributed by atoms with Crippen LogP contribution >= 0.6 is 40.0 Å². The molecule has 0 saturated carbocycles. The summed E-state index contributed by atoms with van der Waals surface area (Å²) < 4.78 is 12.7. The zero-order valence-corrected chi connectivity index (χ0v) is 17.7.